The summed E-state index contributed by atoms with van der Waals surface area (Å²) in [6.45, 7) is 9.36. The van der Waals surface area contributed by atoms with Gasteiger partial charge in [-0.05, 0) is 38.3 Å². The van der Waals surface area contributed by atoms with Crippen molar-refractivity contribution < 1.29 is 0 Å². The zero-order chi connectivity index (χ0) is 13.6. The van der Waals surface area contributed by atoms with E-state index in [1.807, 2.05) is 0 Å². The van der Waals surface area contributed by atoms with Crippen LogP contribution >= 0.6 is 24.0 Å². The van der Waals surface area contributed by atoms with Gasteiger partial charge < -0.3 is 10.6 Å². The molecule has 0 saturated carbocycles. The zero-order valence-corrected chi connectivity index (χ0v) is 14.9. The number of aryl methyl sites for hydroxylation is 1. The van der Waals surface area contributed by atoms with Crippen molar-refractivity contribution in [2.45, 2.75) is 46.2 Å². The third-order valence-electron chi connectivity index (χ3n) is 2.66. The first kappa shape index (κ1) is 18.2. The maximum atomic E-state index is 4.24. The van der Waals surface area contributed by atoms with Crippen molar-refractivity contribution >= 4 is 29.9 Å². The minimum Gasteiger partial charge on any atom is -0.352 e. The number of hydrogen-bond donors (Lipinski definition) is 2. The minimum atomic E-state index is 0. The molecule has 0 fully saturated rings. The van der Waals surface area contributed by atoms with Crippen molar-refractivity contribution in [1.29, 1.82) is 0 Å². The maximum absolute atomic E-state index is 4.24. The Morgan fingerprint density at radius 1 is 1.16 bits per heavy atom. The summed E-state index contributed by atoms with van der Waals surface area (Å²) in [5, 5.41) is 6.71. The van der Waals surface area contributed by atoms with E-state index in [0.717, 1.165) is 18.9 Å². The van der Waals surface area contributed by atoms with Crippen molar-refractivity contribution in [2.24, 2.45) is 4.99 Å². The SMILES string of the molecule is CCc1ccccc1CNC(=NC)NC(C)(C)C.I. The molecule has 3 nitrogen and oxygen atoms in total. The van der Waals surface area contributed by atoms with Crippen molar-refractivity contribution in [3.63, 3.8) is 0 Å². The summed E-state index contributed by atoms with van der Waals surface area (Å²) in [7, 11) is 1.80. The van der Waals surface area contributed by atoms with Crippen LogP contribution in [0.4, 0.5) is 0 Å². The fourth-order valence-corrected chi connectivity index (χ4v) is 1.79. The van der Waals surface area contributed by atoms with Crippen LogP contribution in [-0.2, 0) is 13.0 Å². The lowest BCUT2D eigenvalue weighted by molar-refractivity contribution is 0.501. The molecular weight excluding hydrogens is 349 g/mol. The van der Waals surface area contributed by atoms with Gasteiger partial charge in [0.15, 0.2) is 5.96 Å². The molecule has 0 unspecified atom stereocenters. The highest BCUT2D eigenvalue weighted by molar-refractivity contribution is 14.0. The van der Waals surface area contributed by atoms with Crippen LogP contribution in [0.1, 0.15) is 38.8 Å². The van der Waals surface area contributed by atoms with Gasteiger partial charge in [0.2, 0.25) is 0 Å². The fraction of sp³-hybridized carbons (Fsp3) is 0.533. The smallest absolute Gasteiger partial charge is 0.191 e. The number of nitrogens with zero attached hydrogens (tertiary/aromatic N) is 1. The van der Waals surface area contributed by atoms with Crippen molar-refractivity contribution in [3.8, 4) is 0 Å². The largest absolute Gasteiger partial charge is 0.352 e. The van der Waals surface area contributed by atoms with E-state index in [9.17, 15) is 0 Å². The number of hydrogen-bond acceptors (Lipinski definition) is 1. The van der Waals surface area contributed by atoms with Gasteiger partial charge in [0.1, 0.15) is 0 Å². The van der Waals surface area contributed by atoms with Crippen LogP contribution in [0, 0.1) is 0 Å². The zero-order valence-electron chi connectivity index (χ0n) is 12.6. The second-order valence-electron chi connectivity index (χ2n) is 5.42. The maximum Gasteiger partial charge on any atom is 0.191 e. The Balaban J connectivity index is 0.00000324. The Kier molecular flexibility index (Phi) is 8.06. The molecule has 0 aliphatic carbocycles. The number of benzene rings is 1. The molecule has 1 rings (SSSR count). The number of halogens is 1. The highest BCUT2D eigenvalue weighted by Crippen LogP contribution is 2.09. The quantitative estimate of drug-likeness (QED) is 0.483. The molecule has 4 heteroatoms. The molecule has 0 heterocycles. The molecule has 0 atom stereocenters. The van der Waals surface area contributed by atoms with Crippen molar-refractivity contribution in [2.75, 3.05) is 7.05 Å². The monoisotopic (exact) mass is 375 g/mol. The summed E-state index contributed by atoms with van der Waals surface area (Å²) < 4.78 is 0. The van der Waals surface area contributed by atoms with Gasteiger partial charge in [-0.2, -0.15) is 0 Å². The van der Waals surface area contributed by atoms with Gasteiger partial charge in [0.25, 0.3) is 0 Å². The van der Waals surface area contributed by atoms with Gasteiger partial charge in [0, 0.05) is 19.1 Å². The number of nitrogens with one attached hydrogen (secondary N) is 2. The third kappa shape index (κ3) is 6.80. The van der Waals surface area contributed by atoms with E-state index in [4.69, 9.17) is 0 Å². The summed E-state index contributed by atoms with van der Waals surface area (Å²) in [5.41, 5.74) is 2.74. The van der Waals surface area contributed by atoms with E-state index in [2.05, 4.69) is 67.6 Å². The minimum absolute atomic E-state index is 0. The van der Waals surface area contributed by atoms with Crippen molar-refractivity contribution in [3.05, 3.63) is 35.4 Å². The lowest BCUT2D eigenvalue weighted by Gasteiger charge is -2.24. The van der Waals surface area contributed by atoms with Crippen LogP contribution in [0.5, 0.6) is 0 Å². The summed E-state index contributed by atoms with van der Waals surface area (Å²) >= 11 is 0. The Bertz CT molecular complexity index is 408. The summed E-state index contributed by atoms with van der Waals surface area (Å²) in [5.74, 6) is 0.841. The molecule has 19 heavy (non-hydrogen) atoms. The topological polar surface area (TPSA) is 36.4 Å². The van der Waals surface area contributed by atoms with E-state index >= 15 is 0 Å². The number of aliphatic imine (C=N–C) groups is 1. The molecule has 2 N–H and O–H groups in total. The Hall–Kier alpha value is -0.780. The fourth-order valence-electron chi connectivity index (χ4n) is 1.79. The Morgan fingerprint density at radius 3 is 2.21 bits per heavy atom. The van der Waals surface area contributed by atoms with E-state index in [0.29, 0.717) is 0 Å². The van der Waals surface area contributed by atoms with Crippen molar-refractivity contribution in [1.82, 2.24) is 10.6 Å². The second-order valence-corrected chi connectivity index (χ2v) is 5.42. The predicted octanol–water partition coefficient (Wildman–Crippen LogP) is 3.33. The highest BCUT2D eigenvalue weighted by Gasteiger charge is 2.11. The van der Waals surface area contributed by atoms with Crippen LogP contribution in [0.3, 0.4) is 0 Å². The molecule has 0 amide bonds. The number of rotatable bonds is 3. The molecule has 0 aliphatic heterocycles. The van der Waals surface area contributed by atoms with Crippen LogP contribution in [0.15, 0.2) is 29.3 Å². The van der Waals surface area contributed by atoms with Gasteiger partial charge >= 0.3 is 0 Å². The van der Waals surface area contributed by atoms with E-state index in [1.165, 1.54) is 11.1 Å². The van der Waals surface area contributed by atoms with Crippen LogP contribution in [0.2, 0.25) is 0 Å². The second kappa shape index (κ2) is 8.40. The molecule has 1 aromatic rings. The van der Waals surface area contributed by atoms with E-state index in [1.54, 1.807) is 7.05 Å². The predicted molar refractivity (Wildman–Crippen MR) is 94.3 cm³/mol. The lowest BCUT2D eigenvalue weighted by Crippen LogP contribution is -2.47. The van der Waals surface area contributed by atoms with Gasteiger partial charge in [-0.3, -0.25) is 4.99 Å². The molecule has 0 aliphatic rings. The highest BCUT2D eigenvalue weighted by atomic mass is 127. The summed E-state index contributed by atoms with van der Waals surface area (Å²) in [6, 6.07) is 8.51. The molecule has 108 valence electrons. The average molecular weight is 375 g/mol. The molecular formula is C15H26IN3. The van der Waals surface area contributed by atoms with Crippen LogP contribution in [-0.4, -0.2) is 18.5 Å². The van der Waals surface area contributed by atoms with Crippen LogP contribution < -0.4 is 10.6 Å². The lowest BCUT2D eigenvalue weighted by atomic mass is 10.1. The first-order valence-corrected chi connectivity index (χ1v) is 6.52. The van der Waals surface area contributed by atoms with Crippen LogP contribution in [0.25, 0.3) is 0 Å². The molecule has 0 radical (unpaired) electrons. The molecule has 0 aromatic heterocycles. The standard InChI is InChI=1S/C15H25N3.HI/c1-6-12-9-7-8-10-13(12)11-17-14(16-5)18-15(2,3)4;/h7-10H,6,11H2,1-5H3,(H2,16,17,18);1H. The van der Waals surface area contributed by atoms with E-state index in [-0.39, 0.29) is 29.5 Å². The Labute approximate surface area is 134 Å². The molecule has 0 bridgehead atoms. The average Bonchev–Trinajstić information content (AvgIpc) is 2.33. The van der Waals surface area contributed by atoms with E-state index < -0.39 is 0 Å². The first-order chi connectivity index (χ1) is 8.46. The third-order valence-corrected chi connectivity index (χ3v) is 2.66. The molecule has 0 saturated heterocycles. The van der Waals surface area contributed by atoms with Gasteiger partial charge in [-0.25, -0.2) is 0 Å². The Morgan fingerprint density at radius 2 is 1.74 bits per heavy atom. The number of guanidine groups is 1. The summed E-state index contributed by atoms with van der Waals surface area (Å²) in [4.78, 5) is 4.24. The summed E-state index contributed by atoms with van der Waals surface area (Å²) in [6.07, 6.45) is 1.06. The van der Waals surface area contributed by atoms with Gasteiger partial charge in [0.05, 0.1) is 0 Å². The first-order valence-electron chi connectivity index (χ1n) is 6.52. The van der Waals surface area contributed by atoms with Gasteiger partial charge in [-0.15, -0.1) is 24.0 Å². The molecule has 1 aromatic carbocycles. The normalized spacial score (nSPS) is 11.7. The molecule has 0 spiro atoms. The van der Waals surface area contributed by atoms with Gasteiger partial charge in [-0.1, -0.05) is 31.2 Å².